The molecular formula is C21H15F5N2O7. The first kappa shape index (κ1) is 26.9. The third-order valence-corrected chi connectivity index (χ3v) is 4.15. The number of hydrogen-bond acceptors (Lipinski definition) is 7. The van der Waals surface area contributed by atoms with Crippen LogP contribution in [0, 0.1) is 10.1 Å². The third kappa shape index (κ3) is 7.58. The van der Waals surface area contributed by atoms with E-state index in [4.69, 9.17) is 9.84 Å². The van der Waals surface area contributed by atoms with Crippen LogP contribution >= 0.6 is 0 Å². The number of pyridine rings is 1. The Hall–Kier alpha value is -4.36. The monoisotopic (exact) mass is 502 g/mol. The molecule has 2 aromatic carbocycles. The van der Waals surface area contributed by atoms with Crippen molar-refractivity contribution in [2.24, 2.45) is 0 Å². The van der Waals surface area contributed by atoms with E-state index in [2.05, 4.69) is 9.72 Å². The van der Waals surface area contributed by atoms with Crippen LogP contribution in [0.15, 0.2) is 48.5 Å². The Morgan fingerprint density at radius 1 is 1.09 bits per heavy atom. The second-order valence-electron chi connectivity index (χ2n) is 6.59. The number of non-ortho nitro benzene ring substituents is 1. The Bertz CT molecular complexity index is 1230. The number of carboxylic acid groups (broad SMARTS) is 1. The fourth-order valence-corrected chi connectivity index (χ4v) is 2.63. The van der Waals surface area contributed by atoms with Gasteiger partial charge in [-0.05, 0) is 42.0 Å². The first-order valence-electron chi connectivity index (χ1n) is 9.35. The maximum Gasteiger partial charge on any atom is 0.433 e. The average molecular weight is 502 g/mol. The molecule has 186 valence electrons. The molecule has 9 nitrogen and oxygen atoms in total. The van der Waals surface area contributed by atoms with Crippen molar-refractivity contribution in [1.29, 1.82) is 0 Å². The first-order valence-corrected chi connectivity index (χ1v) is 9.35. The van der Waals surface area contributed by atoms with Gasteiger partial charge in [0.25, 0.3) is 5.69 Å². The number of ether oxygens (including phenoxy) is 2. The van der Waals surface area contributed by atoms with Crippen molar-refractivity contribution >= 4 is 28.5 Å². The van der Waals surface area contributed by atoms with Crippen LogP contribution in [0.25, 0.3) is 10.9 Å². The highest BCUT2D eigenvalue weighted by Crippen LogP contribution is 2.33. The topological polar surface area (TPSA) is 129 Å². The number of alkyl halides is 5. The summed E-state index contributed by atoms with van der Waals surface area (Å²) in [5, 5.41) is 19.0. The summed E-state index contributed by atoms with van der Waals surface area (Å²) >= 11 is 0. The number of nitro benzene ring substituents is 1. The van der Waals surface area contributed by atoms with E-state index in [0.717, 1.165) is 23.8 Å². The van der Waals surface area contributed by atoms with Crippen molar-refractivity contribution in [2.75, 3.05) is 0 Å². The molecule has 1 aromatic heterocycles. The molecule has 0 aliphatic carbocycles. The van der Waals surface area contributed by atoms with Gasteiger partial charge in [0, 0.05) is 24.4 Å². The number of carboxylic acids is 1. The molecule has 0 aliphatic heterocycles. The fourth-order valence-electron chi connectivity index (χ4n) is 2.63. The zero-order valence-electron chi connectivity index (χ0n) is 17.6. The molecule has 0 unspecified atom stereocenters. The molecule has 1 heterocycles. The van der Waals surface area contributed by atoms with Crippen molar-refractivity contribution in [3.8, 4) is 5.75 Å². The number of esters is 1. The van der Waals surface area contributed by atoms with E-state index in [-0.39, 0.29) is 29.2 Å². The number of nitro groups is 1. The predicted octanol–water partition coefficient (Wildman–Crippen LogP) is 5.21. The van der Waals surface area contributed by atoms with Gasteiger partial charge in [-0.1, -0.05) is 0 Å². The highest BCUT2D eigenvalue weighted by atomic mass is 19.4. The third-order valence-electron chi connectivity index (χ3n) is 4.15. The van der Waals surface area contributed by atoms with Crippen LogP contribution in [0.1, 0.15) is 28.5 Å². The molecule has 3 aromatic rings. The lowest BCUT2D eigenvalue weighted by Gasteiger charge is -2.12. The van der Waals surface area contributed by atoms with Crippen molar-refractivity contribution in [3.63, 3.8) is 0 Å². The summed E-state index contributed by atoms with van der Waals surface area (Å²) in [5.74, 6) is -2.43. The minimum absolute atomic E-state index is 0.0246. The van der Waals surface area contributed by atoms with Crippen LogP contribution in [0.2, 0.25) is 0 Å². The van der Waals surface area contributed by atoms with Gasteiger partial charge in [0.15, 0.2) is 5.75 Å². The minimum atomic E-state index is -4.80. The summed E-state index contributed by atoms with van der Waals surface area (Å²) in [5.41, 5.74) is -1.54. The predicted molar refractivity (Wildman–Crippen MR) is 109 cm³/mol. The summed E-state index contributed by atoms with van der Waals surface area (Å²) in [6.07, 6.45) is -4.80. The Labute approximate surface area is 192 Å². The summed E-state index contributed by atoms with van der Waals surface area (Å²) in [7, 11) is 0. The van der Waals surface area contributed by atoms with Crippen LogP contribution < -0.4 is 4.74 Å². The highest BCUT2D eigenvalue weighted by Gasteiger charge is 2.33. The number of benzene rings is 2. The van der Waals surface area contributed by atoms with E-state index in [0.29, 0.717) is 6.07 Å². The molecule has 0 spiro atoms. The SMILES string of the molecule is CC(=O)OCc1ccc([N+](=O)[O-])cc1.O=C(O)c1ccc(OC(F)F)c2nc(C(F)(F)F)ccc12. The molecule has 14 heteroatoms. The van der Waals surface area contributed by atoms with Gasteiger partial charge in [0.05, 0.1) is 10.5 Å². The molecule has 0 aliphatic rings. The lowest BCUT2D eigenvalue weighted by Crippen LogP contribution is -2.10. The Balaban J connectivity index is 0.000000269. The van der Waals surface area contributed by atoms with E-state index in [1.54, 1.807) is 12.1 Å². The molecule has 3 rings (SSSR count). The number of carbonyl (C=O) groups excluding carboxylic acids is 1. The number of halogens is 5. The summed E-state index contributed by atoms with van der Waals surface area (Å²) < 4.78 is 71.1. The van der Waals surface area contributed by atoms with Crippen molar-refractivity contribution in [1.82, 2.24) is 4.98 Å². The maximum absolute atomic E-state index is 12.6. The second kappa shape index (κ2) is 11.2. The molecule has 0 radical (unpaired) electrons. The average Bonchev–Trinajstić information content (AvgIpc) is 2.77. The molecular weight excluding hydrogens is 487 g/mol. The minimum Gasteiger partial charge on any atom is -0.478 e. The smallest absolute Gasteiger partial charge is 0.433 e. The molecule has 35 heavy (non-hydrogen) atoms. The number of aromatic carboxylic acids is 1. The number of carbonyl (C=O) groups is 2. The highest BCUT2D eigenvalue weighted by molar-refractivity contribution is 6.04. The molecule has 0 fully saturated rings. The fraction of sp³-hybridized carbons (Fsp3) is 0.190. The lowest BCUT2D eigenvalue weighted by atomic mass is 10.1. The van der Waals surface area contributed by atoms with Gasteiger partial charge in [-0.15, -0.1) is 0 Å². The number of fused-ring (bicyclic) bond motifs is 1. The summed E-state index contributed by atoms with van der Waals surface area (Å²) in [6, 6.07) is 9.08. The molecule has 0 bridgehead atoms. The van der Waals surface area contributed by atoms with Crippen LogP contribution in [0.4, 0.5) is 27.6 Å². The largest absolute Gasteiger partial charge is 0.478 e. The second-order valence-corrected chi connectivity index (χ2v) is 6.59. The van der Waals surface area contributed by atoms with Crippen LogP contribution in [0.5, 0.6) is 5.75 Å². The van der Waals surface area contributed by atoms with E-state index in [1.165, 1.54) is 19.1 Å². The lowest BCUT2D eigenvalue weighted by molar-refractivity contribution is -0.384. The van der Waals surface area contributed by atoms with Gasteiger partial charge < -0.3 is 14.6 Å². The van der Waals surface area contributed by atoms with Crippen molar-refractivity contribution in [3.05, 3.63) is 75.5 Å². The van der Waals surface area contributed by atoms with E-state index in [1.807, 2.05) is 0 Å². The zero-order chi connectivity index (χ0) is 26.3. The number of nitrogens with zero attached hydrogens (tertiary/aromatic N) is 2. The van der Waals surface area contributed by atoms with Gasteiger partial charge in [0.2, 0.25) is 0 Å². The Morgan fingerprint density at radius 3 is 2.20 bits per heavy atom. The standard InChI is InChI=1S/C12H6F5NO3.C9H9NO4/c13-11(14)21-7-3-1-6(10(19)20)5-2-4-8(12(15,16)17)18-9(5)7;1-7(11)14-6-8-2-4-9(5-3-8)10(12)13/h1-4,11H,(H,19,20);2-5H,6H2,1H3. The van der Waals surface area contributed by atoms with Crippen LogP contribution in [0.3, 0.4) is 0 Å². The molecule has 0 atom stereocenters. The molecule has 1 N–H and O–H groups in total. The molecule has 0 saturated heterocycles. The van der Waals surface area contributed by atoms with Gasteiger partial charge in [-0.3, -0.25) is 14.9 Å². The van der Waals surface area contributed by atoms with E-state index >= 15 is 0 Å². The number of aromatic nitrogens is 1. The maximum atomic E-state index is 12.6. The number of rotatable bonds is 6. The van der Waals surface area contributed by atoms with Crippen molar-refractivity contribution < 1.29 is 51.0 Å². The quantitative estimate of drug-likeness (QED) is 0.211. The Morgan fingerprint density at radius 2 is 1.71 bits per heavy atom. The van der Waals surface area contributed by atoms with Gasteiger partial charge in [0.1, 0.15) is 17.8 Å². The molecule has 0 amide bonds. The zero-order valence-corrected chi connectivity index (χ0v) is 17.6. The first-order chi connectivity index (χ1) is 16.3. The van der Waals surface area contributed by atoms with Gasteiger partial charge in [-0.25, -0.2) is 9.78 Å². The van der Waals surface area contributed by atoms with Crippen molar-refractivity contribution in [2.45, 2.75) is 26.3 Å². The Kier molecular flexibility index (Phi) is 8.59. The van der Waals surface area contributed by atoms with E-state index in [9.17, 15) is 41.7 Å². The van der Waals surface area contributed by atoms with Crippen LogP contribution in [-0.2, 0) is 22.3 Å². The summed E-state index contributed by atoms with van der Waals surface area (Å²) in [6.45, 7) is -1.82. The molecule has 0 saturated carbocycles. The normalized spacial score (nSPS) is 10.9. The number of hydrogen-bond donors (Lipinski definition) is 1. The summed E-state index contributed by atoms with van der Waals surface area (Å²) in [4.78, 5) is 34.5. The van der Waals surface area contributed by atoms with Gasteiger partial charge >= 0.3 is 24.7 Å². The van der Waals surface area contributed by atoms with Gasteiger partial charge in [-0.2, -0.15) is 22.0 Å². The van der Waals surface area contributed by atoms with E-state index < -0.39 is 40.6 Å². The van der Waals surface area contributed by atoms with Crippen LogP contribution in [-0.4, -0.2) is 33.6 Å².